The van der Waals surface area contributed by atoms with Crippen molar-refractivity contribution in [3.05, 3.63) is 174 Å². The summed E-state index contributed by atoms with van der Waals surface area (Å²) in [5, 5.41) is 9.87. The Morgan fingerprint density at radius 1 is 0.581 bits per heavy atom. The third kappa shape index (κ3) is 6.86. The van der Waals surface area contributed by atoms with Crippen LogP contribution >= 0.6 is 0 Å². The van der Waals surface area contributed by atoms with Crippen LogP contribution in [0.1, 0.15) is 69.6 Å². The van der Waals surface area contributed by atoms with E-state index < -0.39 is 0 Å². The van der Waals surface area contributed by atoms with Gasteiger partial charge in [-0.3, -0.25) is 4.68 Å². The number of ether oxygens (including phenoxy) is 1. The summed E-state index contributed by atoms with van der Waals surface area (Å²) < 4.78 is 13.5. The van der Waals surface area contributed by atoms with Gasteiger partial charge in [0, 0.05) is 51.0 Å². The summed E-state index contributed by atoms with van der Waals surface area (Å²) in [6.07, 6.45) is 1.92. The first-order valence-electron chi connectivity index (χ1n) is 21.1. The number of nitrogens with zero attached hydrogens (tertiary/aromatic N) is 5. The number of rotatable bonds is 6. The molecule has 310 valence electrons. The number of benzene rings is 6. The second-order valence-corrected chi connectivity index (χ2v) is 18.4. The molecule has 7 heteroatoms. The molecule has 0 aliphatic heterocycles. The molecule has 0 unspecified atom stereocenters. The number of fused-ring (bicyclic) bond motifs is 6. The number of para-hydroxylation sites is 3. The third-order valence-corrected chi connectivity index (χ3v) is 12.0. The van der Waals surface area contributed by atoms with Crippen LogP contribution in [-0.2, 0) is 31.9 Å². The molecule has 0 atom stereocenters. The van der Waals surface area contributed by atoms with E-state index in [9.17, 15) is 0 Å². The number of hydrogen-bond acceptors (Lipinski definition) is 3. The van der Waals surface area contributed by atoms with Crippen molar-refractivity contribution in [2.45, 2.75) is 73.1 Å². The fraction of sp³-hybridized carbons (Fsp3) is 0.200. The van der Waals surface area contributed by atoms with Gasteiger partial charge in [0.15, 0.2) is 0 Å². The molecule has 62 heavy (non-hydrogen) atoms. The average Bonchev–Trinajstić information content (AvgIpc) is 3.89. The summed E-state index contributed by atoms with van der Waals surface area (Å²) in [7, 11) is 0. The van der Waals surface area contributed by atoms with Gasteiger partial charge in [0.2, 0.25) is 0 Å². The molecule has 6 aromatic carbocycles. The molecule has 10 rings (SSSR count). The van der Waals surface area contributed by atoms with Gasteiger partial charge in [-0.1, -0.05) is 132 Å². The van der Waals surface area contributed by atoms with Gasteiger partial charge in [-0.25, -0.2) is 4.98 Å². The Morgan fingerprint density at radius 2 is 1.24 bits per heavy atom. The van der Waals surface area contributed by atoms with Crippen molar-refractivity contribution in [1.82, 2.24) is 23.9 Å². The molecule has 0 saturated heterocycles. The van der Waals surface area contributed by atoms with E-state index in [1.807, 2.05) is 12.3 Å². The van der Waals surface area contributed by atoms with Gasteiger partial charge in [-0.05, 0) is 66.1 Å². The minimum Gasteiger partial charge on any atom is -0.509 e. The number of aromatic nitrogens is 5. The standard InChI is InChI=1S/C55H49N5O.Pt/c1-34-17-15-22-45-46-23-16-18-35(2)52(46)58(51(34)45)39-27-28-56-49(32-39)59-47-24-14-13-21-43(47)44-26-25-41(33-48(44)59)61-42-30-38(54(4,5)6)29-40(31-42)60-53(55(7,8)9)50(36(3)57-60)37-19-11-10-12-20-37;/h10-30,32H,1-9H3;/q-2;+2. The minimum atomic E-state index is -0.212. The maximum Gasteiger partial charge on any atom is 2.00 e. The van der Waals surface area contributed by atoms with Crippen LogP contribution in [0.3, 0.4) is 0 Å². The zero-order valence-electron chi connectivity index (χ0n) is 36.7. The number of aryl methyl sites for hydroxylation is 3. The smallest absolute Gasteiger partial charge is 0.509 e. The molecule has 10 aromatic rings. The molecule has 6 nitrogen and oxygen atoms in total. The largest absolute Gasteiger partial charge is 2.00 e. The first-order chi connectivity index (χ1) is 29.3. The molecular weight excluding hydrogens is 942 g/mol. The van der Waals surface area contributed by atoms with Crippen LogP contribution in [0.4, 0.5) is 0 Å². The average molecular weight is 991 g/mol. The Balaban J connectivity index is 0.00000490. The van der Waals surface area contributed by atoms with E-state index in [0.29, 0.717) is 11.5 Å². The molecule has 0 spiro atoms. The van der Waals surface area contributed by atoms with E-state index in [4.69, 9.17) is 14.8 Å². The summed E-state index contributed by atoms with van der Waals surface area (Å²) in [5.74, 6) is 2.00. The summed E-state index contributed by atoms with van der Waals surface area (Å²) >= 11 is 0. The van der Waals surface area contributed by atoms with E-state index in [1.54, 1.807) is 0 Å². The summed E-state index contributed by atoms with van der Waals surface area (Å²) in [6, 6.07) is 52.3. The van der Waals surface area contributed by atoms with Crippen molar-refractivity contribution >= 4 is 43.6 Å². The van der Waals surface area contributed by atoms with Gasteiger partial charge in [-0.2, -0.15) is 11.2 Å². The van der Waals surface area contributed by atoms with Crippen LogP contribution < -0.4 is 4.74 Å². The van der Waals surface area contributed by atoms with Crippen LogP contribution in [0.2, 0.25) is 0 Å². The van der Waals surface area contributed by atoms with Gasteiger partial charge in [0.25, 0.3) is 0 Å². The van der Waals surface area contributed by atoms with Crippen molar-refractivity contribution in [3.63, 3.8) is 0 Å². The Morgan fingerprint density at radius 3 is 1.92 bits per heavy atom. The van der Waals surface area contributed by atoms with Crippen molar-refractivity contribution < 1.29 is 25.8 Å². The predicted molar refractivity (Wildman–Crippen MR) is 251 cm³/mol. The zero-order valence-corrected chi connectivity index (χ0v) is 38.9. The summed E-state index contributed by atoms with van der Waals surface area (Å²) in [6.45, 7) is 19.9. The maximum atomic E-state index is 6.83. The Hall–Kier alpha value is -6.23. The fourth-order valence-electron chi connectivity index (χ4n) is 9.15. The first-order valence-corrected chi connectivity index (χ1v) is 21.1. The first kappa shape index (κ1) is 41.1. The van der Waals surface area contributed by atoms with Crippen LogP contribution in [0.25, 0.3) is 71.9 Å². The normalized spacial score (nSPS) is 12.1. The molecule has 0 aliphatic carbocycles. The molecule has 0 saturated carbocycles. The van der Waals surface area contributed by atoms with Crippen molar-refractivity contribution in [1.29, 1.82) is 0 Å². The molecule has 4 heterocycles. The van der Waals surface area contributed by atoms with Gasteiger partial charge < -0.3 is 13.9 Å². The van der Waals surface area contributed by atoms with Gasteiger partial charge in [0.1, 0.15) is 5.82 Å². The molecule has 0 radical (unpaired) electrons. The molecular formula is C55H49N5OPt. The van der Waals surface area contributed by atoms with E-state index in [1.165, 1.54) is 32.9 Å². The molecule has 0 bridgehead atoms. The topological polar surface area (TPSA) is 49.8 Å². The maximum absolute atomic E-state index is 6.83. The van der Waals surface area contributed by atoms with Crippen LogP contribution in [0.5, 0.6) is 11.5 Å². The van der Waals surface area contributed by atoms with E-state index in [0.717, 1.165) is 67.1 Å². The SMILES string of the molecule is Cc1nn(-c2[c-]c(Oc3[c-]c4c(cc3)c3ccccc3n4-c3cc(-n4c5c(C)cccc5c5cccc(C)c54)ccn3)cc(C(C)(C)C)c2)c(C(C)(C)C)c1-c1ccccc1.[Pt+2]. The molecule has 4 aromatic heterocycles. The van der Waals surface area contributed by atoms with E-state index in [-0.39, 0.29) is 31.9 Å². The quantitative estimate of drug-likeness (QED) is 0.156. The summed E-state index contributed by atoms with van der Waals surface area (Å²) in [5.41, 5.74) is 13.8. The molecule has 0 aliphatic rings. The Bertz CT molecular complexity index is 3280. The minimum absolute atomic E-state index is 0. The van der Waals surface area contributed by atoms with Crippen LogP contribution in [0.15, 0.2) is 134 Å². The van der Waals surface area contributed by atoms with Crippen molar-refractivity contribution in [3.8, 4) is 39.8 Å². The molecule has 0 fully saturated rings. The Kier molecular flexibility index (Phi) is 10.1. The van der Waals surface area contributed by atoms with Crippen LogP contribution in [-0.4, -0.2) is 23.9 Å². The second-order valence-electron chi connectivity index (χ2n) is 18.4. The van der Waals surface area contributed by atoms with E-state index >= 15 is 0 Å². The van der Waals surface area contributed by atoms with Crippen molar-refractivity contribution in [2.75, 3.05) is 0 Å². The second kappa shape index (κ2) is 15.3. The van der Waals surface area contributed by atoms with Gasteiger partial charge in [0.05, 0.1) is 28.1 Å². The fourth-order valence-corrected chi connectivity index (χ4v) is 9.15. The summed E-state index contributed by atoms with van der Waals surface area (Å²) in [4.78, 5) is 5.03. The monoisotopic (exact) mass is 990 g/mol. The van der Waals surface area contributed by atoms with E-state index in [2.05, 4.69) is 210 Å². The Labute approximate surface area is 378 Å². The van der Waals surface area contributed by atoms with Gasteiger partial charge in [-0.15, -0.1) is 41.3 Å². The zero-order chi connectivity index (χ0) is 42.4. The van der Waals surface area contributed by atoms with Gasteiger partial charge >= 0.3 is 21.1 Å². The molecule has 0 amide bonds. The number of pyridine rings is 1. The number of hydrogen-bond donors (Lipinski definition) is 0. The van der Waals surface area contributed by atoms with Crippen molar-refractivity contribution in [2.24, 2.45) is 0 Å². The third-order valence-electron chi connectivity index (χ3n) is 12.0. The predicted octanol–water partition coefficient (Wildman–Crippen LogP) is 14.0. The van der Waals surface area contributed by atoms with Crippen LogP contribution in [0, 0.1) is 32.9 Å². The molecule has 0 N–H and O–H groups in total.